The Bertz CT molecular complexity index is 505. The molecule has 0 saturated carbocycles. The molecule has 2 rings (SSSR count). The van der Waals surface area contributed by atoms with Crippen molar-refractivity contribution in [3.05, 3.63) is 30.5 Å². The Morgan fingerprint density at radius 2 is 2.19 bits per heavy atom. The van der Waals surface area contributed by atoms with Crippen molar-refractivity contribution in [1.82, 2.24) is 19.7 Å². The van der Waals surface area contributed by atoms with Gasteiger partial charge >= 0.3 is 5.97 Å². The van der Waals surface area contributed by atoms with Crippen LogP contribution in [-0.4, -0.2) is 30.8 Å². The number of hydrogen-bond acceptors (Lipinski definition) is 5. The van der Waals surface area contributed by atoms with E-state index in [4.69, 9.17) is 5.11 Å². The number of aryl methyl sites for hydroxylation is 1. The van der Waals surface area contributed by atoms with Gasteiger partial charge in [-0.05, 0) is 0 Å². The molecule has 0 unspecified atom stereocenters. The number of aromatic carboxylic acids is 1. The van der Waals surface area contributed by atoms with E-state index in [1.807, 2.05) is 0 Å². The lowest BCUT2D eigenvalue weighted by Crippen LogP contribution is -2.02. The molecule has 0 fully saturated rings. The van der Waals surface area contributed by atoms with Crippen LogP contribution in [0.1, 0.15) is 10.5 Å². The zero-order chi connectivity index (χ0) is 11.5. The van der Waals surface area contributed by atoms with Crippen molar-refractivity contribution in [2.75, 3.05) is 5.32 Å². The van der Waals surface area contributed by atoms with Crippen LogP contribution >= 0.6 is 0 Å². The number of anilines is 2. The lowest BCUT2D eigenvalue weighted by Gasteiger charge is -2.01. The zero-order valence-electron chi connectivity index (χ0n) is 8.45. The van der Waals surface area contributed by atoms with E-state index < -0.39 is 5.97 Å². The lowest BCUT2D eigenvalue weighted by molar-refractivity contribution is 0.0690. The number of nitrogens with one attached hydrogen (secondary N) is 1. The number of carboxylic acid groups (broad SMARTS) is 1. The van der Waals surface area contributed by atoms with Crippen LogP contribution in [0.25, 0.3) is 0 Å². The van der Waals surface area contributed by atoms with Gasteiger partial charge in [-0.25, -0.2) is 14.8 Å². The van der Waals surface area contributed by atoms with Crippen LogP contribution in [0.5, 0.6) is 0 Å². The lowest BCUT2D eigenvalue weighted by atomic mass is 10.4. The molecule has 0 bridgehead atoms. The number of carboxylic acids is 1. The highest BCUT2D eigenvalue weighted by molar-refractivity contribution is 5.84. The summed E-state index contributed by atoms with van der Waals surface area (Å²) < 4.78 is 1.64. The van der Waals surface area contributed by atoms with Gasteiger partial charge in [0.1, 0.15) is 5.82 Å². The molecule has 0 atom stereocenters. The van der Waals surface area contributed by atoms with E-state index in [0.717, 1.165) is 5.69 Å². The first kappa shape index (κ1) is 10.1. The van der Waals surface area contributed by atoms with E-state index in [1.54, 1.807) is 24.1 Å². The van der Waals surface area contributed by atoms with Crippen LogP contribution in [0.15, 0.2) is 24.8 Å². The fourth-order valence-corrected chi connectivity index (χ4v) is 1.14. The maximum absolute atomic E-state index is 10.5. The summed E-state index contributed by atoms with van der Waals surface area (Å²) in [4.78, 5) is 18.2. The van der Waals surface area contributed by atoms with E-state index in [9.17, 15) is 4.79 Å². The zero-order valence-corrected chi connectivity index (χ0v) is 8.45. The number of hydrogen-bond donors (Lipinski definition) is 2. The third-order valence-corrected chi connectivity index (χ3v) is 1.85. The van der Waals surface area contributed by atoms with Crippen LogP contribution in [-0.2, 0) is 7.05 Å². The second-order valence-corrected chi connectivity index (χ2v) is 3.12. The standard InChI is InChI=1S/C9H9N5O2/c1-14-5-6(2-12-14)13-8-4-10-7(3-11-8)9(15)16/h2-5H,1H3,(H,11,13)(H,15,16). The van der Waals surface area contributed by atoms with Gasteiger partial charge in [0.25, 0.3) is 0 Å². The van der Waals surface area contributed by atoms with E-state index in [0.29, 0.717) is 5.82 Å². The van der Waals surface area contributed by atoms with E-state index >= 15 is 0 Å². The summed E-state index contributed by atoms with van der Waals surface area (Å²) in [7, 11) is 1.80. The average Bonchev–Trinajstić information content (AvgIpc) is 2.65. The van der Waals surface area contributed by atoms with E-state index in [-0.39, 0.29) is 5.69 Å². The molecule has 2 N–H and O–H groups in total. The molecule has 0 aliphatic rings. The summed E-state index contributed by atoms with van der Waals surface area (Å²) >= 11 is 0. The fourth-order valence-electron chi connectivity index (χ4n) is 1.14. The third-order valence-electron chi connectivity index (χ3n) is 1.85. The van der Waals surface area contributed by atoms with Gasteiger partial charge < -0.3 is 10.4 Å². The Morgan fingerprint density at radius 3 is 2.69 bits per heavy atom. The molecule has 0 spiro atoms. The molecule has 0 aliphatic heterocycles. The second kappa shape index (κ2) is 3.97. The van der Waals surface area contributed by atoms with Crippen molar-refractivity contribution >= 4 is 17.5 Å². The first-order valence-corrected chi connectivity index (χ1v) is 4.46. The maximum atomic E-state index is 10.5. The van der Waals surface area contributed by atoms with E-state index in [2.05, 4.69) is 20.4 Å². The summed E-state index contributed by atoms with van der Waals surface area (Å²) in [5.74, 6) is -0.626. The summed E-state index contributed by atoms with van der Waals surface area (Å²) in [6.07, 6.45) is 5.96. The minimum atomic E-state index is -1.10. The average molecular weight is 219 g/mol. The van der Waals surface area contributed by atoms with Crippen molar-refractivity contribution in [2.24, 2.45) is 7.05 Å². The second-order valence-electron chi connectivity index (χ2n) is 3.12. The van der Waals surface area contributed by atoms with Crippen molar-refractivity contribution < 1.29 is 9.90 Å². The summed E-state index contributed by atoms with van der Waals surface area (Å²) in [5.41, 5.74) is 0.677. The quantitative estimate of drug-likeness (QED) is 0.787. The molecule has 0 amide bonds. The number of carbonyl (C=O) groups is 1. The van der Waals surface area contributed by atoms with Gasteiger partial charge in [-0.2, -0.15) is 5.10 Å². The maximum Gasteiger partial charge on any atom is 0.356 e. The molecule has 0 saturated heterocycles. The van der Waals surface area contributed by atoms with Gasteiger partial charge in [0.15, 0.2) is 5.69 Å². The van der Waals surface area contributed by atoms with Gasteiger partial charge in [0, 0.05) is 13.2 Å². The first-order valence-electron chi connectivity index (χ1n) is 4.46. The molecule has 2 heterocycles. The van der Waals surface area contributed by atoms with Gasteiger partial charge in [-0.15, -0.1) is 0 Å². The summed E-state index contributed by atoms with van der Waals surface area (Å²) in [6, 6.07) is 0. The molecule has 82 valence electrons. The summed E-state index contributed by atoms with van der Waals surface area (Å²) in [5, 5.41) is 15.5. The Kier molecular flexibility index (Phi) is 2.50. The van der Waals surface area contributed by atoms with Gasteiger partial charge in [0.05, 0.1) is 24.3 Å². The van der Waals surface area contributed by atoms with Gasteiger partial charge in [-0.3, -0.25) is 4.68 Å². The highest BCUT2D eigenvalue weighted by atomic mass is 16.4. The van der Waals surface area contributed by atoms with Gasteiger partial charge in [0.2, 0.25) is 0 Å². The molecular formula is C9H9N5O2. The number of rotatable bonds is 3. The molecule has 2 aromatic heterocycles. The topological polar surface area (TPSA) is 92.9 Å². The predicted octanol–water partition coefficient (Wildman–Crippen LogP) is 0.652. The van der Waals surface area contributed by atoms with Crippen LogP contribution in [0.2, 0.25) is 0 Å². The smallest absolute Gasteiger partial charge is 0.356 e. The third kappa shape index (κ3) is 2.14. The highest BCUT2D eigenvalue weighted by Crippen LogP contribution is 2.11. The van der Waals surface area contributed by atoms with Crippen LogP contribution in [0.3, 0.4) is 0 Å². The Hall–Kier alpha value is -2.44. The normalized spacial score (nSPS) is 10.1. The van der Waals surface area contributed by atoms with Crippen LogP contribution in [0.4, 0.5) is 11.5 Å². The molecule has 7 heteroatoms. The Morgan fingerprint density at radius 1 is 1.38 bits per heavy atom. The number of nitrogens with zero attached hydrogens (tertiary/aromatic N) is 4. The molecule has 0 radical (unpaired) electrons. The first-order chi connectivity index (χ1) is 7.65. The van der Waals surface area contributed by atoms with Crippen LogP contribution in [0, 0.1) is 0 Å². The molecule has 2 aromatic rings. The van der Waals surface area contributed by atoms with Crippen molar-refractivity contribution in [3.63, 3.8) is 0 Å². The molecular weight excluding hydrogens is 210 g/mol. The molecule has 7 nitrogen and oxygen atoms in total. The van der Waals surface area contributed by atoms with Crippen LogP contribution < -0.4 is 5.32 Å². The monoisotopic (exact) mass is 219 g/mol. The molecule has 0 aliphatic carbocycles. The largest absolute Gasteiger partial charge is 0.476 e. The molecule has 16 heavy (non-hydrogen) atoms. The Labute approximate surface area is 90.8 Å². The fraction of sp³-hybridized carbons (Fsp3) is 0.111. The van der Waals surface area contributed by atoms with Crippen molar-refractivity contribution in [2.45, 2.75) is 0 Å². The van der Waals surface area contributed by atoms with E-state index in [1.165, 1.54) is 12.4 Å². The number of aromatic nitrogens is 4. The Balaban J connectivity index is 2.14. The molecule has 0 aromatic carbocycles. The van der Waals surface area contributed by atoms with Crippen molar-refractivity contribution in [3.8, 4) is 0 Å². The highest BCUT2D eigenvalue weighted by Gasteiger charge is 2.05. The minimum absolute atomic E-state index is 0.0864. The van der Waals surface area contributed by atoms with Crippen molar-refractivity contribution in [1.29, 1.82) is 0 Å². The minimum Gasteiger partial charge on any atom is -0.476 e. The predicted molar refractivity (Wildman–Crippen MR) is 55.5 cm³/mol. The summed E-state index contributed by atoms with van der Waals surface area (Å²) in [6.45, 7) is 0. The van der Waals surface area contributed by atoms with Gasteiger partial charge in [-0.1, -0.05) is 0 Å². The SMILES string of the molecule is Cn1cc(Nc2cnc(C(=O)O)cn2)cn1.